The Hall–Kier alpha value is -2.92. The largest absolute Gasteiger partial charge is 0.256 e. The third kappa shape index (κ3) is 3.00. The molecule has 23 heavy (non-hydrogen) atoms. The van der Waals surface area contributed by atoms with Gasteiger partial charge >= 0.3 is 0 Å². The molecule has 0 bridgehead atoms. The zero-order valence-corrected chi connectivity index (χ0v) is 12.1. The monoisotopic (exact) mass is 307 g/mol. The molecular weight excluding hydrogens is 280 g/mol. The highest BCUT2D eigenvalue weighted by molar-refractivity contribution is 5.75. The Bertz CT molecular complexity index is 1180. The minimum Gasteiger partial charge on any atom is -0.256 e. The molecular formula is C21H18N2. The lowest BCUT2D eigenvalue weighted by atomic mass is 9.96. The van der Waals surface area contributed by atoms with Gasteiger partial charge in [-0.2, -0.15) is 0 Å². The topological polar surface area (TPSA) is 17.2 Å². The number of rotatable bonds is 2. The molecule has 0 saturated carbocycles. The smallest absolute Gasteiger partial charge is 0.187 e. The SMILES string of the molecule is [2H]C([2H])([2H])c1ccc(-c2cc(C([2H])([2H])[2H])c(C([2H])([2H])[2H])cn2)cc1-c1ccc([N+]#[C-])cc1. The third-order valence-electron chi connectivity index (χ3n) is 3.53. The Kier molecular flexibility index (Phi) is 1.99. The van der Waals surface area contributed by atoms with E-state index in [-0.39, 0.29) is 22.4 Å². The molecule has 0 radical (unpaired) electrons. The average Bonchev–Trinajstić information content (AvgIpc) is 2.71. The molecule has 3 aromatic rings. The molecule has 0 aliphatic carbocycles. The van der Waals surface area contributed by atoms with E-state index < -0.39 is 20.6 Å². The molecule has 0 saturated heterocycles. The highest BCUT2D eigenvalue weighted by Gasteiger charge is 2.07. The highest BCUT2D eigenvalue weighted by atomic mass is 14.7. The summed E-state index contributed by atoms with van der Waals surface area (Å²) >= 11 is 0. The van der Waals surface area contributed by atoms with Crippen LogP contribution in [0.4, 0.5) is 5.69 Å². The maximum absolute atomic E-state index is 7.86. The van der Waals surface area contributed by atoms with E-state index in [0.29, 0.717) is 22.4 Å². The molecule has 2 nitrogen and oxygen atoms in total. The first-order valence-electron chi connectivity index (χ1n) is 11.4. The van der Waals surface area contributed by atoms with Crippen LogP contribution in [0.25, 0.3) is 27.2 Å². The van der Waals surface area contributed by atoms with Crippen molar-refractivity contribution in [3.05, 3.63) is 82.8 Å². The first-order valence-corrected chi connectivity index (χ1v) is 6.85. The lowest BCUT2D eigenvalue weighted by molar-refractivity contribution is 1.22. The van der Waals surface area contributed by atoms with Gasteiger partial charge in [0.2, 0.25) is 0 Å². The molecule has 2 aromatic carbocycles. The van der Waals surface area contributed by atoms with Gasteiger partial charge in [0.05, 0.1) is 12.3 Å². The van der Waals surface area contributed by atoms with Crippen LogP contribution in [-0.4, -0.2) is 4.98 Å². The van der Waals surface area contributed by atoms with Crippen LogP contribution >= 0.6 is 0 Å². The normalized spacial score (nSPS) is 17.8. The van der Waals surface area contributed by atoms with Gasteiger partial charge in [-0.1, -0.05) is 36.4 Å². The van der Waals surface area contributed by atoms with E-state index in [1.165, 1.54) is 18.2 Å². The van der Waals surface area contributed by atoms with Crippen molar-refractivity contribution in [1.29, 1.82) is 0 Å². The van der Waals surface area contributed by atoms with Gasteiger partial charge in [-0.15, -0.1) is 0 Å². The minimum atomic E-state index is -2.67. The molecule has 0 unspecified atom stereocenters. The quantitative estimate of drug-likeness (QED) is 0.539. The molecule has 0 amide bonds. The molecule has 3 rings (SSSR count). The molecule has 0 spiro atoms. The van der Waals surface area contributed by atoms with Gasteiger partial charge < -0.3 is 0 Å². The summed E-state index contributed by atoms with van der Waals surface area (Å²) in [4.78, 5) is 7.49. The Labute approximate surface area is 149 Å². The number of hydrogen-bond donors (Lipinski definition) is 0. The van der Waals surface area contributed by atoms with Crippen molar-refractivity contribution in [2.45, 2.75) is 20.6 Å². The lowest BCUT2D eigenvalue weighted by Crippen LogP contribution is -1.90. The predicted octanol–water partition coefficient (Wildman–Crippen LogP) is 5.89. The van der Waals surface area contributed by atoms with Gasteiger partial charge in [0.15, 0.2) is 5.69 Å². The number of benzene rings is 2. The predicted molar refractivity (Wildman–Crippen MR) is 95.6 cm³/mol. The van der Waals surface area contributed by atoms with Crippen molar-refractivity contribution in [1.82, 2.24) is 4.98 Å². The van der Waals surface area contributed by atoms with E-state index in [9.17, 15) is 0 Å². The zero-order valence-electron chi connectivity index (χ0n) is 21.1. The fourth-order valence-electron chi connectivity index (χ4n) is 2.27. The maximum Gasteiger partial charge on any atom is 0.187 e. The van der Waals surface area contributed by atoms with E-state index in [4.69, 9.17) is 18.9 Å². The van der Waals surface area contributed by atoms with Crippen LogP contribution in [0.2, 0.25) is 0 Å². The second kappa shape index (κ2) is 6.06. The first kappa shape index (κ1) is 7.57. The Morgan fingerprint density at radius 1 is 0.870 bits per heavy atom. The molecule has 1 aromatic heterocycles. The number of hydrogen-bond acceptors (Lipinski definition) is 1. The Morgan fingerprint density at radius 2 is 1.61 bits per heavy atom. The van der Waals surface area contributed by atoms with Gasteiger partial charge in [-0.25, -0.2) is 4.85 Å². The van der Waals surface area contributed by atoms with Crippen LogP contribution in [0.3, 0.4) is 0 Å². The molecule has 1 heterocycles. The fourth-order valence-corrected chi connectivity index (χ4v) is 2.27. The third-order valence-corrected chi connectivity index (χ3v) is 3.53. The summed E-state index contributed by atoms with van der Waals surface area (Å²) in [5.74, 6) is 0. The van der Waals surface area contributed by atoms with Gasteiger partial charge in [-0.3, -0.25) is 4.98 Å². The van der Waals surface area contributed by atoms with Crippen molar-refractivity contribution in [2.75, 3.05) is 0 Å². The van der Waals surface area contributed by atoms with Crippen molar-refractivity contribution >= 4 is 5.69 Å². The van der Waals surface area contributed by atoms with Gasteiger partial charge in [0, 0.05) is 24.1 Å². The van der Waals surface area contributed by atoms with Crippen molar-refractivity contribution < 1.29 is 12.3 Å². The highest BCUT2D eigenvalue weighted by Crippen LogP contribution is 2.30. The van der Waals surface area contributed by atoms with E-state index in [0.717, 1.165) is 6.20 Å². The second-order valence-corrected chi connectivity index (χ2v) is 5.03. The fraction of sp³-hybridized carbons (Fsp3) is 0.143. The van der Waals surface area contributed by atoms with Crippen molar-refractivity contribution in [3.63, 3.8) is 0 Å². The summed E-state index contributed by atoms with van der Waals surface area (Å²) in [7, 11) is 0. The number of nitrogens with zero attached hydrogens (tertiary/aromatic N) is 2. The molecule has 0 N–H and O–H groups in total. The minimum absolute atomic E-state index is 0.0898. The molecule has 2 heteroatoms. The van der Waals surface area contributed by atoms with Gasteiger partial charge in [0.1, 0.15) is 0 Å². The maximum atomic E-state index is 7.86. The van der Waals surface area contributed by atoms with E-state index in [1.807, 2.05) is 0 Å². The molecule has 0 aliphatic rings. The van der Waals surface area contributed by atoms with E-state index in [1.54, 1.807) is 30.3 Å². The first-order chi connectivity index (χ1) is 14.7. The number of pyridine rings is 1. The summed E-state index contributed by atoms with van der Waals surface area (Å²) in [6.45, 7) is -0.640. The molecule has 0 fully saturated rings. The van der Waals surface area contributed by atoms with Crippen LogP contribution in [0.15, 0.2) is 54.7 Å². The van der Waals surface area contributed by atoms with Gasteiger partial charge in [0.25, 0.3) is 0 Å². The molecule has 112 valence electrons. The van der Waals surface area contributed by atoms with Crippen LogP contribution in [0, 0.1) is 27.1 Å². The summed E-state index contributed by atoms with van der Waals surface area (Å²) < 4.78 is 69.6. The summed E-state index contributed by atoms with van der Waals surface area (Å²) in [6, 6.07) is 12.2. The van der Waals surface area contributed by atoms with Crippen molar-refractivity contribution in [2.24, 2.45) is 0 Å². The Morgan fingerprint density at radius 3 is 2.30 bits per heavy atom. The van der Waals surface area contributed by atoms with Crippen molar-refractivity contribution in [3.8, 4) is 22.4 Å². The second-order valence-electron chi connectivity index (χ2n) is 5.03. The zero-order chi connectivity index (χ0) is 23.9. The number of aromatic nitrogens is 1. The van der Waals surface area contributed by atoms with Gasteiger partial charge in [-0.05, 0) is 60.5 Å². The summed E-state index contributed by atoms with van der Waals surface area (Å²) in [6.07, 6.45) is 1.03. The van der Waals surface area contributed by atoms with Crippen LogP contribution in [0.5, 0.6) is 0 Å². The number of aryl methyl sites for hydroxylation is 3. The lowest BCUT2D eigenvalue weighted by Gasteiger charge is -2.10. The molecule has 0 aliphatic heterocycles. The van der Waals surface area contributed by atoms with Crippen LogP contribution < -0.4 is 0 Å². The summed E-state index contributed by atoms with van der Waals surface area (Å²) in [5.41, 5.74) is 1.42. The van der Waals surface area contributed by atoms with Crippen LogP contribution in [-0.2, 0) is 0 Å². The average molecular weight is 307 g/mol. The molecule has 0 atom stereocenters. The standard InChI is InChI=1S/C21H18N2/c1-14-5-6-18(21-11-15(2)16(3)13-23-21)12-20(14)17-7-9-19(22-4)10-8-17/h5-13H,1-3H3/i1D3,2D3,3D3. The summed E-state index contributed by atoms with van der Waals surface area (Å²) in [5, 5.41) is 0. The van der Waals surface area contributed by atoms with E-state index >= 15 is 0 Å². The van der Waals surface area contributed by atoms with E-state index in [2.05, 4.69) is 9.83 Å². The van der Waals surface area contributed by atoms with Crippen LogP contribution in [0.1, 0.15) is 29.0 Å². The Balaban J connectivity index is 2.22.